The minimum atomic E-state index is -1.16. The Kier molecular flexibility index (Phi) is 4.38. The third kappa shape index (κ3) is 2.59. The van der Waals surface area contributed by atoms with Crippen LogP contribution in [0.15, 0.2) is 23.4 Å². The van der Waals surface area contributed by atoms with Gasteiger partial charge in [-0.25, -0.2) is 4.79 Å². The number of esters is 1. The van der Waals surface area contributed by atoms with Gasteiger partial charge in [0.1, 0.15) is 0 Å². The summed E-state index contributed by atoms with van der Waals surface area (Å²) in [7, 11) is 1.30. The standard InChI is InChI=1S/C12H10BrCl2NO3/c1-18-11(17)12(6-13)5-9(16-19-12)10-7(14)3-2-4-8(10)15/h2-4H,5-6H2,1H3/t12-/m1/s1. The van der Waals surface area contributed by atoms with Crippen molar-refractivity contribution in [3.63, 3.8) is 0 Å². The summed E-state index contributed by atoms with van der Waals surface area (Å²) in [5.74, 6) is -0.494. The molecule has 0 unspecified atom stereocenters. The van der Waals surface area contributed by atoms with Crippen LogP contribution in [0.3, 0.4) is 0 Å². The van der Waals surface area contributed by atoms with E-state index in [4.69, 9.17) is 32.8 Å². The van der Waals surface area contributed by atoms with Gasteiger partial charge in [0.2, 0.25) is 5.60 Å². The number of carbonyl (C=O) groups excluding carboxylic acids is 1. The van der Waals surface area contributed by atoms with Gasteiger partial charge in [-0.15, -0.1) is 0 Å². The van der Waals surface area contributed by atoms with Crippen molar-refractivity contribution in [3.8, 4) is 0 Å². The van der Waals surface area contributed by atoms with E-state index in [2.05, 4.69) is 21.1 Å². The Morgan fingerprint density at radius 1 is 1.53 bits per heavy atom. The van der Waals surface area contributed by atoms with Crippen LogP contribution in [0.25, 0.3) is 0 Å². The van der Waals surface area contributed by atoms with Gasteiger partial charge in [-0.3, -0.25) is 0 Å². The van der Waals surface area contributed by atoms with Crippen molar-refractivity contribution in [2.24, 2.45) is 5.16 Å². The number of hydrogen-bond donors (Lipinski definition) is 0. The summed E-state index contributed by atoms with van der Waals surface area (Å²) in [6, 6.07) is 5.15. The molecule has 19 heavy (non-hydrogen) atoms. The lowest BCUT2D eigenvalue weighted by Crippen LogP contribution is -2.41. The van der Waals surface area contributed by atoms with Gasteiger partial charge in [0.15, 0.2) is 0 Å². The molecule has 4 nitrogen and oxygen atoms in total. The molecule has 1 aromatic rings. The van der Waals surface area contributed by atoms with E-state index >= 15 is 0 Å². The summed E-state index contributed by atoms with van der Waals surface area (Å²) in [5, 5.41) is 5.13. The first kappa shape index (κ1) is 14.6. The zero-order valence-electron chi connectivity index (χ0n) is 9.95. The Hall–Kier alpha value is -0.780. The lowest BCUT2D eigenvalue weighted by atomic mass is 9.96. The third-order valence-corrected chi connectivity index (χ3v) is 4.34. The second-order valence-electron chi connectivity index (χ2n) is 4.02. The monoisotopic (exact) mass is 365 g/mol. The Balaban J connectivity index is 2.34. The lowest BCUT2D eigenvalue weighted by Gasteiger charge is -2.20. The zero-order chi connectivity index (χ0) is 14.0. The van der Waals surface area contributed by atoms with Crippen LogP contribution >= 0.6 is 39.1 Å². The minimum Gasteiger partial charge on any atom is -0.466 e. The molecule has 1 aliphatic heterocycles. The number of halogens is 3. The molecule has 2 rings (SSSR count). The molecular weight excluding hydrogens is 357 g/mol. The fraction of sp³-hybridized carbons (Fsp3) is 0.333. The van der Waals surface area contributed by atoms with Gasteiger partial charge in [-0.1, -0.05) is 50.4 Å². The highest BCUT2D eigenvalue weighted by atomic mass is 79.9. The Labute approximate surface area is 128 Å². The number of rotatable bonds is 3. The summed E-state index contributed by atoms with van der Waals surface area (Å²) in [6.07, 6.45) is 0.244. The zero-order valence-corrected chi connectivity index (χ0v) is 13.0. The molecular formula is C12H10BrCl2NO3. The number of ether oxygens (including phenoxy) is 1. The number of alkyl halides is 1. The van der Waals surface area contributed by atoms with Gasteiger partial charge in [0.05, 0.1) is 28.2 Å². The van der Waals surface area contributed by atoms with Gasteiger partial charge in [0.25, 0.3) is 0 Å². The van der Waals surface area contributed by atoms with Crippen molar-refractivity contribution < 1.29 is 14.4 Å². The first-order valence-corrected chi connectivity index (χ1v) is 7.25. The van der Waals surface area contributed by atoms with Crippen molar-refractivity contribution >= 4 is 50.8 Å². The van der Waals surface area contributed by atoms with Crippen molar-refractivity contribution in [1.29, 1.82) is 0 Å². The minimum absolute atomic E-state index is 0.244. The summed E-state index contributed by atoms with van der Waals surface area (Å²) >= 11 is 15.5. The van der Waals surface area contributed by atoms with Gasteiger partial charge in [0, 0.05) is 12.0 Å². The predicted octanol–water partition coefficient (Wildman–Crippen LogP) is 3.42. The quantitative estimate of drug-likeness (QED) is 0.608. The molecule has 0 fully saturated rings. The normalized spacial score (nSPS) is 21.8. The molecule has 0 N–H and O–H groups in total. The molecule has 1 heterocycles. The molecule has 0 saturated heterocycles. The van der Waals surface area contributed by atoms with Crippen LogP contribution in [0.4, 0.5) is 0 Å². The van der Waals surface area contributed by atoms with Crippen LogP contribution in [-0.4, -0.2) is 29.7 Å². The molecule has 0 radical (unpaired) electrons. The molecule has 1 aliphatic rings. The highest BCUT2D eigenvalue weighted by Gasteiger charge is 2.47. The highest BCUT2D eigenvalue weighted by Crippen LogP contribution is 2.34. The number of carbonyl (C=O) groups is 1. The molecule has 0 spiro atoms. The van der Waals surface area contributed by atoms with Crippen molar-refractivity contribution in [2.45, 2.75) is 12.0 Å². The first-order valence-electron chi connectivity index (χ1n) is 5.38. The third-order valence-electron chi connectivity index (χ3n) is 2.81. The molecule has 0 bridgehead atoms. The summed E-state index contributed by atoms with van der Waals surface area (Å²) < 4.78 is 4.74. The second-order valence-corrected chi connectivity index (χ2v) is 5.40. The van der Waals surface area contributed by atoms with E-state index in [1.807, 2.05) is 0 Å². The average Bonchev–Trinajstić information content (AvgIpc) is 2.83. The van der Waals surface area contributed by atoms with Crippen LogP contribution < -0.4 is 0 Å². The Morgan fingerprint density at radius 2 is 2.16 bits per heavy atom. The molecule has 0 amide bonds. The first-order chi connectivity index (χ1) is 9.04. The van der Waals surface area contributed by atoms with Crippen molar-refractivity contribution in [1.82, 2.24) is 0 Å². The second kappa shape index (κ2) is 5.69. The number of hydrogen-bond acceptors (Lipinski definition) is 4. The fourth-order valence-corrected chi connectivity index (χ4v) is 2.95. The van der Waals surface area contributed by atoms with E-state index in [1.165, 1.54) is 7.11 Å². The van der Waals surface area contributed by atoms with E-state index in [1.54, 1.807) is 18.2 Å². The highest BCUT2D eigenvalue weighted by molar-refractivity contribution is 9.09. The molecule has 0 aromatic heterocycles. The van der Waals surface area contributed by atoms with Gasteiger partial charge in [-0.05, 0) is 12.1 Å². The van der Waals surface area contributed by atoms with Crippen molar-refractivity contribution in [2.75, 3.05) is 12.4 Å². The van der Waals surface area contributed by atoms with E-state index in [0.717, 1.165) is 0 Å². The summed E-state index contributed by atoms with van der Waals surface area (Å²) in [4.78, 5) is 17.1. The van der Waals surface area contributed by atoms with E-state index < -0.39 is 11.6 Å². The maximum atomic E-state index is 11.8. The van der Waals surface area contributed by atoms with Gasteiger partial charge < -0.3 is 9.57 Å². The summed E-state index contributed by atoms with van der Waals surface area (Å²) in [6.45, 7) is 0. The lowest BCUT2D eigenvalue weighted by molar-refractivity contribution is -0.163. The molecule has 1 atom stereocenters. The number of methoxy groups -OCH3 is 1. The van der Waals surface area contributed by atoms with Crippen LogP contribution in [0.1, 0.15) is 12.0 Å². The average molecular weight is 367 g/mol. The maximum Gasteiger partial charge on any atom is 0.354 e. The number of nitrogens with zero attached hydrogens (tertiary/aromatic N) is 1. The Bertz CT molecular complexity index is 530. The predicted molar refractivity (Wildman–Crippen MR) is 77.2 cm³/mol. The fourth-order valence-electron chi connectivity index (χ4n) is 1.81. The number of benzene rings is 1. The van der Waals surface area contributed by atoms with Gasteiger partial charge in [-0.2, -0.15) is 0 Å². The molecule has 102 valence electrons. The molecule has 0 saturated carbocycles. The molecule has 7 heteroatoms. The topological polar surface area (TPSA) is 47.9 Å². The van der Waals surface area contributed by atoms with Crippen LogP contribution in [0.2, 0.25) is 10.0 Å². The SMILES string of the molecule is COC(=O)[C@]1(CBr)CC(c2c(Cl)cccc2Cl)=NO1. The van der Waals surface area contributed by atoms with E-state index in [9.17, 15) is 4.79 Å². The molecule has 0 aliphatic carbocycles. The smallest absolute Gasteiger partial charge is 0.354 e. The maximum absolute atomic E-state index is 11.8. The van der Waals surface area contributed by atoms with Crippen LogP contribution in [0.5, 0.6) is 0 Å². The van der Waals surface area contributed by atoms with Gasteiger partial charge >= 0.3 is 5.97 Å². The summed E-state index contributed by atoms with van der Waals surface area (Å²) in [5.41, 5.74) is -0.0509. The van der Waals surface area contributed by atoms with E-state index in [-0.39, 0.29) is 11.8 Å². The van der Waals surface area contributed by atoms with E-state index in [0.29, 0.717) is 21.3 Å². The van der Waals surface area contributed by atoms with Crippen LogP contribution in [0, 0.1) is 0 Å². The van der Waals surface area contributed by atoms with Crippen molar-refractivity contribution in [3.05, 3.63) is 33.8 Å². The Morgan fingerprint density at radius 3 is 2.68 bits per heavy atom. The molecule has 1 aromatic carbocycles. The number of oxime groups is 1. The van der Waals surface area contributed by atoms with Crippen LogP contribution in [-0.2, 0) is 14.4 Å². The largest absolute Gasteiger partial charge is 0.466 e.